The minimum Gasteiger partial charge on any atom is -0.483 e. The van der Waals surface area contributed by atoms with Crippen LogP contribution >= 0.6 is 0 Å². The summed E-state index contributed by atoms with van der Waals surface area (Å²) in [7, 11) is 0. The monoisotopic (exact) mass is 658 g/mol. The van der Waals surface area contributed by atoms with Crippen LogP contribution in [0, 0.1) is 0 Å². The number of nitrogens with zero attached hydrogens (tertiary/aromatic N) is 2. The summed E-state index contributed by atoms with van der Waals surface area (Å²) >= 11 is 0. The van der Waals surface area contributed by atoms with E-state index in [1.807, 2.05) is 30.5 Å². The summed E-state index contributed by atoms with van der Waals surface area (Å²) < 4.78 is 12.9. The van der Waals surface area contributed by atoms with Gasteiger partial charge in [0.2, 0.25) is 0 Å². The van der Waals surface area contributed by atoms with Crippen LogP contribution in [0.3, 0.4) is 0 Å². The van der Waals surface area contributed by atoms with E-state index in [1.54, 1.807) is 0 Å². The molecule has 7 aromatic rings. The van der Waals surface area contributed by atoms with Gasteiger partial charge in [0.15, 0.2) is 0 Å². The third kappa shape index (κ3) is 5.11. The van der Waals surface area contributed by atoms with E-state index in [1.165, 1.54) is 16.7 Å². The van der Waals surface area contributed by atoms with Crippen molar-refractivity contribution in [1.29, 1.82) is 0 Å². The van der Waals surface area contributed by atoms with Crippen LogP contribution in [0.1, 0.15) is 29.9 Å². The number of anilines is 2. The lowest BCUT2D eigenvalue weighted by atomic mass is 9.89. The van der Waals surface area contributed by atoms with E-state index in [-0.39, 0.29) is 12.0 Å². The molecule has 0 radical (unpaired) electrons. The second kappa shape index (κ2) is 12.2. The van der Waals surface area contributed by atoms with Crippen molar-refractivity contribution in [3.8, 4) is 28.1 Å². The van der Waals surface area contributed by atoms with Crippen LogP contribution in [0.2, 0.25) is 0 Å². The minimum absolute atomic E-state index is 0.122. The molecule has 2 aliphatic carbocycles. The number of hydrogen-bond acceptors (Lipinski definition) is 4. The van der Waals surface area contributed by atoms with Crippen molar-refractivity contribution < 1.29 is 9.15 Å². The number of allylic oxidation sites excluding steroid dienone is 6. The second-order valence-corrected chi connectivity index (χ2v) is 13.4. The average Bonchev–Trinajstić information content (AvgIpc) is 3.78. The van der Waals surface area contributed by atoms with E-state index in [2.05, 4.69) is 144 Å². The lowest BCUT2D eigenvalue weighted by Crippen LogP contribution is -2.32. The maximum atomic E-state index is 6.66. The smallest absolute Gasteiger partial charge is 0.149 e. The van der Waals surface area contributed by atoms with Gasteiger partial charge in [-0.25, -0.2) is 0 Å². The largest absolute Gasteiger partial charge is 0.483 e. The molecule has 244 valence electrons. The quantitative estimate of drug-likeness (QED) is 0.178. The Balaban J connectivity index is 0.988. The lowest BCUT2D eigenvalue weighted by Gasteiger charge is -2.34. The van der Waals surface area contributed by atoms with Gasteiger partial charge in [-0.2, -0.15) is 0 Å². The number of aromatic nitrogens is 1. The molecule has 2 unspecified atom stereocenters. The number of furan rings is 1. The van der Waals surface area contributed by atoms with Crippen LogP contribution in [0.15, 0.2) is 180 Å². The van der Waals surface area contributed by atoms with Gasteiger partial charge >= 0.3 is 0 Å². The minimum atomic E-state index is -0.122. The Labute approximate surface area is 297 Å². The Morgan fingerprint density at radius 1 is 0.667 bits per heavy atom. The number of rotatable bonds is 6. The zero-order chi connectivity index (χ0) is 33.7. The summed E-state index contributed by atoms with van der Waals surface area (Å²) in [6.45, 7) is 0. The van der Waals surface area contributed by atoms with E-state index in [9.17, 15) is 0 Å². The first-order valence-corrected chi connectivity index (χ1v) is 17.7. The summed E-state index contributed by atoms with van der Waals surface area (Å²) in [5.41, 5.74) is 12.8. The summed E-state index contributed by atoms with van der Waals surface area (Å²) in [6, 6.07) is 44.8. The van der Waals surface area contributed by atoms with Gasteiger partial charge in [-0.1, -0.05) is 109 Å². The van der Waals surface area contributed by atoms with Gasteiger partial charge < -0.3 is 14.1 Å². The molecule has 1 aliphatic heterocycles. The molecule has 2 aromatic heterocycles. The molecule has 4 heteroatoms. The molecule has 2 atom stereocenters. The zero-order valence-corrected chi connectivity index (χ0v) is 27.9. The van der Waals surface area contributed by atoms with Crippen molar-refractivity contribution in [1.82, 2.24) is 4.98 Å². The maximum absolute atomic E-state index is 6.66. The van der Waals surface area contributed by atoms with Gasteiger partial charge in [-0.3, -0.25) is 4.98 Å². The first kappa shape index (κ1) is 29.5. The first-order chi connectivity index (χ1) is 25.3. The molecule has 0 bridgehead atoms. The summed E-state index contributed by atoms with van der Waals surface area (Å²) in [5.74, 6) is 1.12. The molecule has 0 amide bonds. The van der Waals surface area contributed by atoms with E-state index < -0.39 is 0 Å². The summed E-state index contributed by atoms with van der Waals surface area (Å²) in [5, 5.41) is 2.22. The molecule has 0 saturated heterocycles. The van der Waals surface area contributed by atoms with Crippen LogP contribution in [-0.4, -0.2) is 11.1 Å². The number of pyridine rings is 1. The van der Waals surface area contributed by atoms with Gasteiger partial charge in [-0.05, 0) is 84.1 Å². The summed E-state index contributed by atoms with van der Waals surface area (Å²) in [4.78, 5) is 7.26. The molecule has 5 aromatic carbocycles. The van der Waals surface area contributed by atoms with E-state index in [0.29, 0.717) is 0 Å². The highest BCUT2D eigenvalue weighted by Crippen LogP contribution is 2.47. The Hall–Kier alpha value is -6.39. The molecule has 4 nitrogen and oxygen atoms in total. The predicted octanol–water partition coefficient (Wildman–Crippen LogP) is 12.2. The Morgan fingerprint density at radius 3 is 2.24 bits per heavy atom. The fraction of sp³-hybridized carbons (Fsp3) is 0.0851. The molecule has 3 aliphatic rings. The highest BCUT2D eigenvalue weighted by atomic mass is 16.5. The molecule has 10 rings (SSSR count). The first-order valence-electron chi connectivity index (χ1n) is 17.7. The van der Waals surface area contributed by atoms with Crippen molar-refractivity contribution in [2.75, 3.05) is 4.90 Å². The number of ether oxygens (including phenoxy) is 1. The molecule has 0 N–H and O–H groups in total. The number of para-hydroxylation sites is 3. The Kier molecular flexibility index (Phi) is 7.05. The standard InChI is InChI=1S/C47H34N2O2/c1-2-10-31(11-3-1)32-20-25-35(26-21-32)49(43-17-9-15-40-38-13-5-7-19-45(38)51-47(40)43)36-27-22-33(23-28-36)34-24-29-42(48-30-34)41-16-8-14-39-37-12-4-6-18-44(37)50-46(39)41/h2,4-30,40,47H,1,3H2. The molecule has 3 heterocycles. The normalized spacial score (nSPS) is 17.5. The third-order valence-corrected chi connectivity index (χ3v) is 10.3. The highest BCUT2D eigenvalue weighted by Gasteiger charge is 2.39. The Bertz CT molecular complexity index is 2550. The number of benzene rings is 5. The lowest BCUT2D eigenvalue weighted by molar-refractivity contribution is 0.253. The molecule has 0 saturated carbocycles. The topological polar surface area (TPSA) is 38.5 Å². The van der Waals surface area contributed by atoms with Crippen molar-refractivity contribution in [2.45, 2.75) is 24.9 Å². The van der Waals surface area contributed by atoms with Crippen LogP contribution < -0.4 is 9.64 Å². The van der Waals surface area contributed by atoms with Crippen molar-refractivity contribution in [2.24, 2.45) is 0 Å². The maximum Gasteiger partial charge on any atom is 0.149 e. The molecular formula is C47H34N2O2. The molecular weight excluding hydrogens is 625 g/mol. The molecule has 0 fully saturated rings. The van der Waals surface area contributed by atoms with Crippen molar-refractivity contribution in [3.05, 3.63) is 187 Å². The van der Waals surface area contributed by atoms with Gasteiger partial charge in [0.25, 0.3) is 0 Å². The van der Waals surface area contributed by atoms with Crippen molar-refractivity contribution in [3.63, 3.8) is 0 Å². The van der Waals surface area contributed by atoms with Gasteiger partial charge in [0.05, 0.1) is 11.4 Å². The van der Waals surface area contributed by atoms with E-state index in [4.69, 9.17) is 14.1 Å². The molecule has 0 spiro atoms. The van der Waals surface area contributed by atoms with Gasteiger partial charge in [0, 0.05) is 51.0 Å². The fourth-order valence-electron chi connectivity index (χ4n) is 7.81. The average molecular weight is 659 g/mol. The van der Waals surface area contributed by atoms with Crippen LogP contribution in [-0.2, 0) is 0 Å². The highest BCUT2D eigenvalue weighted by molar-refractivity contribution is 6.09. The number of fused-ring (bicyclic) bond motifs is 6. The van der Waals surface area contributed by atoms with Crippen LogP contribution in [0.4, 0.5) is 11.4 Å². The number of hydrogen-bond donors (Lipinski definition) is 0. The Morgan fingerprint density at radius 2 is 1.43 bits per heavy atom. The van der Waals surface area contributed by atoms with Gasteiger partial charge in [0.1, 0.15) is 23.0 Å². The zero-order valence-electron chi connectivity index (χ0n) is 27.9. The van der Waals surface area contributed by atoms with Crippen molar-refractivity contribution >= 4 is 38.9 Å². The van der Waals surface area contributed by atoms with Gasteiger partial charge in [-0.15, -0.1) is 0 Å². The second-order valence-electron chi connectivity index (χ2n) is 13.4. The fourth-order valence-corrected chi connectivity index (χ4v) is 7.81. The summed E-state index contributed by atoms with van der Waals surface area (Å²) in [6.07, 6.45) is 17.5. The third-order valence-electron chi connectivity index (χ3n) is 10.3. The van der Waals surface area contributed by atoms with E-state index in [0.717, 1.165) is 80.0 Å². The van der Waals surface area contributed by atoms with E-state index >= 15 is 0 Å². The predicted molar refractivity (Wildman–Crippen MR) is 208 cm³/mol. The molecule has 51 heavy (non-hydrogen) atoms. The van der Waals surface area contributed by atoms with Crippen LogP contribution in [0.5, 0.6) is 5.75 Å². The van der Waals surface area contributed by atoms with Crippen LogP contribution in [0.25, 0.3) is 49.9 Å². The SMILES string of the molecule is C1=CC2c3ccccc3OC2C(N(c2ccc(C3=CCCC=C3)cc2)c2ccc(-c3ccc(-c4cccc5c4oc4ccccc45)nc3)cc2)=C1.